The summed E-state index contributed by atoms with van der Waals surface area (Å²) in [7, 11) is 0. The summed E-state index contributed by atoms with van der Waals surface area (Å²) in [6, 6.07) is 20.0. The van der Waals surface area contributed by atoms with Gasteiger partial charge < -0.3 is 14.6 Å². The first kappa shape index (κ1) is 19.8. The second-order valence-corrected chi connectivity index (χ2v) is 7.58. The number of para-hydroxylation sites is 2. The average molecular weight is 399 g/mol. The van der Waals surface area contributed by atoms with Crippen LogP contribution in [0.25, 0.3) is 17.0 Å². The van der Waals surface area contributed by atoms with Crippen LogP contribution in [0, 0.1) is 11.3 Å². The normalized spacial score (nSPS) is 14.6. The van der Waals surface area contributed by atoms with Crippen molar-refractivity contribution < 1.29 is 9.53 Å². The number of amides is 1. The molecule has 0 aliphatic heterocycles. The van der Waals surface area contributed by atoms with Crippen LogP contribution < -0.4 is 10.1 Å². The Morgan fingerprint density at radius 2 is 1.87 bits per heavy atom. The van der Waals surface area contributed by atoms with Gasteiger partial charge in [-0.25, -0.2) is 0 Å². The molecule has 4 rings (SSSR count). The zero-order valence-electron chi connectivity index (χ0n) is 16.9. The third-order valence-corrected chi connectivity index (χ3v) is 5.52. The van der Waals surface area contributed by atoms with E-state index in [0.29, 0.717) is 13.2 Å². The van der Waals surface area contributed by atoms with Gasteiger partial charge >= 0.3 is 0 Å². The number of rotatable bonds is 7. The molecule has 0 unspecified atom stereocenters. The molecule has 1 aliphatic carbocycles. The van der Waals surface area contributed by atoms with Crippen molar-refractivity contribution in [2.45, 2.75) is 38.3 Å². The predicted molar refractivity (Wildman–Crippen MR) is 118 cm³/mol. The van der Waals surface area contributed by atoms with Crippen molar-refractivity contribution in [1.82, 2.24) is 9.88 Å². The molecule has 0 spiro atoms. The number of fused-ring (bicyclic) bond motifs is 1. The van der Waals surface area contributed by atoms with Crippen molar-refractivity contribution in [2.75, 3.05) is 6.61 Å². The van der Waals surface area contributed by atoms with Gasteiger partial charge in [0.2, 0.25) is 0 Å². The molecule has 1 aromatic heterocycles. The van der Waals surface area contributed by atoms with Gasteiger partial charge in [-0.2, -0.15) is 5.26 Å². The van der Waals surface area contributed by atoms with Crippen molar-refractivity contribution in [3.63, 3.8) is 0 Å². The van der Waals surface area contributed by atoms with Crippen molar-refractivity contribution >= 4 is 22.9 Å². The lowest BCUT2D eigenvalue weighted by atomic mass is 10.1. The summed E-state index contributed by atoms with van der Waals surface area (Å²) < 4.78 is 7.94. The molecule has 1 N–H and O–H groups in total. The Hall–Kier alpha value is -3.52. The number of benzene rings is 2. The van der Waals surface area contributed by atoms with E-state index in [1.807, 2.05) is 60.8 Å². The van der Waals surface area contributed by atoms with Gasteiger partial charge in [-0.1, -0.05) is 49.2 Å². The minimum Gasteiger partial charge on any atom is -0.492 e. The molecule has 1 amide bonds. The Balaban J connectivity index is 1.54. The lowest BCUT2D eigenvalue weighted by Gasteiger charge is -2.10. The van der Waals surface area contributed by atoms with Crippen LogP contribution in [0.5, 0.6) is 5.75 Å². The maximum Gasteiger partial charge on any atom is 0.262 e. The number of hydrogen-bond donors (Lipinski definition) is 1. The van der Waals surface area contributed by atoms with E-state index in [9.17, 15) is 10.1 Å². The molecule has 0 bridgehead atoms. The standard InChI is InChI=1S/C25H25N3O2/c26-17-19(25(29)27-21-8-4-5-9-21)16-20-18-28(24-13-7-6-12-23(20)24)14-15-30-22-10-2-1-3-11-22/h1-3,6-7,10-13,16,18,21H,4-5,8-9,14-15H2,(H,27,29). The summed E-state index contributed by atoms with van der Waals surface area (Å²) >= 11 is 0. The molecule has 5 nitrogen and oxygen atoms in total. The monoisotopic (exact) mass is 399 g/mol. The molecule has 1 aliphatic rings. The molecular weight excluding hydrogens is 374 g/mol. The fourth-order valence-corrected chi connectivity index (χ4v) is 3.99. The van der Waals surface area contributed by atoms with Crippen LogP contribution in [-0.2, 0) is 11.3 Å². The molecule has 152 valence electrons. The summed E-state index contributed by atoms with van der Waals surface area (Å²) in [5.74, 6) is 0.554. The highest BCUT2D eigenvalue weighted by Crippen LogP contribution is 2.24. The molecule has 0 atom stereocenters. The molecular formula is C25H25N3O2. The van der Waals surface area contributed by atoms with Crippen molar-refractivity contribution in [2.24, 2.45) is 0 Å². The summed E-state index contributed by atoms with van der Waals surface area (Å²) in [5.41, 5.74) is 2.06. The van der Waals surface area contributed by atoms with Crippen LogP contribution in [0.2, 0.25) is 0 Å². The molecule has 0 radical (unpaired) electrons. The van der Waals surface area contributed by atoms with E-state index in [2.05, 4.69) is 16.0 Å². The van der Waals surface area contributed by atoms with Crippen LogP contribution >= 0.6 is 0 Å². The smallest absolute Gasteiger partial charge is 0.262 e. The van der Waals surface area contributed by atoms with E-state index in [4.69, 9.17) is 4.74 Å². The topological polar surface area (TPSA) is 67.0 Å². The highest BCUT2D eigenvalue weighted by molar-refractivity contribution is 6.04. The zero-order chi connectivity index (χ0) is 20.8. The van der Waals surface area contributed by atoms with Crippen molar-refractivity contribution in [3.8, 4) is 11.8 Å². The van der Waals surface area contributed by atoms with E-state index in [-0.39, 0.29) is 17.5 Å². The van der Waals surface area contributed by atoms with Crippen LogP contribution in [0.3, 0.4) is 0 Å². The van der Waals surface area contributed by atoms with Gasteiger partial charge in [-0.3, -0.25) is 4.79 Å². The predicted octanol–water partition coefficient (Wildman–Crippen LogP) is 4.69. The fraction of sp³-hybridized carbons (Fsp3) is 0.280. The lowest BCUT2D eigenvalue weighted by molar-refractivity contribution is -0.117. The first-order chi connectivity index (χ1) is 14.7. The maximum absolute atomic E-state index is 12.6. The number of nitrogens with zero attached hydrogens (tertiary/aromatic N) is 2. The van der Waals surface area contributed by atoms with Gasteiger partial charge in [0.05, 0.1) is 6.54 Å². The Bertz CT molecular complexity index is 1090. The number of ether oxygens (including phenoxy) is 1. The highest BCUT2D eigenvalue weighted by atomic mass is 16.5. The first-order valence-corrected chi connectivity index (χ1v) is 10.4. The van der Waals surface area contributed by atoms with Gasteiger partial charge in [-0.15, -0.1) is 0 Å². The number of nitrogens with one attached hydrogen (secondary N) is 1. The molecule has 1 saturated carbocycles. The molecule has 30 heavy (non-hydrogen) atoms. The average Bonchev–Trinajstić information content (AvgIpc) is 3.41. The molecule has 1 heterocycles. The van der Waals surface area contributed by atoms with E-state index >= 15 is 0 Å². The van der Waals surface area contributed by atoms with Crippen molar-refractivity contribution in [3.05, 3.63) is 71.9 Å². The minimum atomic E-state index is -0.284. The first-order valence-electron chi connectivity index (χ1n) is 10.4. The Morgan fingerprint density at radius 3 is 2.63 bits per heavy atom. The minimum absolute atomic E-state index is 0.144. The van der Waals surface area contributed by atoms with Gasteiger partial charge in [-0.05, 0) is 37.1 Å². The molecule has 2 aromatic carbocycles. The number of carbonyl (C=O) groups is 1. The van der Waals surface area contributed by atoms with Crippen LogP contribution in [0.1, 0.15) is 31.2 Å². The number of hydrogen-bond acceptors (Lipinski definition) is 3. The van der Waals surface area contributed by atoms with Crippen molar-refractivity contribution in [1.29, 1.82) is 5.26 Å². The zero-order valence-corrected chi connectivity index (χ0v) is 16.9. The van der Waals surface area contributed by atoms with E-state index in [1.54, 1.807) is 6.08 Å². The van der Waals surface area contributed by atoms with Gasteiger partial charge in [0, 0.05) is 28.7 Å². The fourth-order valence-electron chi connectivity index (χ4n) is 3.99. The second kappa shape index (κ2) is 9.32. The summed E-state index contributed by atoms with van der Waals surface area (Å²) in [4.78, 5) is 12.6. The molecule has 3 aromatic rings. The van der Waals surface area contributed by atoms with Crippen LogP contribution in [0.15, 0.2) is 66.4 Å². The lowest BCUT2D eigenvalue weighted by Crippen LogP contribution is -2.33. The number of carbonyl (C=O) groups excluding carboxylic acids is 1. The third-order valence-electron chi connectivity index (χ3n) is 5.52. The summed E-state index contributed by atoms with van der Waals surface area (Å²) in [6.07, 6.45) is 7.93. The maximum atomic E-state index is 12.6. The molecule has 0 saturated heterocycles. The van der Waals surface area contributed by atoms with E-state index in [1.165, 1.54) is 0 Å². The van der Waals surface area contributed by atoms with Crippen LogP contribution in [0.4, 0.5) is 0 Å². The van der Waals surface area contributed by atoms with Gasteiger partial charge in [0.25, 0.3) is 5.91 Å². The third kappa shape index (κ3) is 4.55. The van der Waals surface area contributed by atoms with E-state index in [0.717, 1.165) is 47.9 Å². The van der Waals surface area contributed by atoms with E-state index < -0.39 is 0 Å². The molecule has 1 fully saturated rings. The Labute approximate surface area is 176 Å². The number of nitriles is 1. The van der Waals surface area contributed by atoms with Crippen LogP contribution in [-0.4, -0.2) is 23.1 Å². The SMILES string of the molecule is N#CC(=Cc1cn(CCOc2ccccc2)c2ccccc12)C(=O)NC1CCCC1. The Morgan fingerprint density at radius 1 is 1.13 bits per heavy atom. The Kier molecular flexibility index (Phi) is 6.14. The summed E-state index contributed by atoms with van der Waals surface area (Å²) in [5, 5.41) is 13.6. The van der Waals surface area contributed by atoms with Gasteiger partial charge in [0.15, 0.2) is 0 Å². The second-order valence-electron chi connectivity index (χ2n) is 7.58. The number of aromatic nitrogens is 1. The summed E-state index contributed by atoms with van der Waals surface area (Å²) in [6.45, 7) is 1.19. The quantitative estimate of drug-likeness (QED) is 0.463. The highest BCUT2D eigenvalue weighted by Gasteiger charge is 2.19. The van der Waals surface area contributed by atoms with Gasteiger partial charge in [0.1, 0.15) is 24.0 Å². The largest absolute Gasteiger partial charge is 0.492 e. The molecule has 5 heteroatoms.